The molecule has 0 aliphatic carbocycles. The summed E-state index contributed by atoms with van der Waals surface area (Å²) in [4.78, 5) is 1.23. The zero-order valence-electron chi connectivity index (χ0n) is 12.4. The van der Waals surface area contributed by atoms with Gasteiger partial charge in [0.25, 0.3) is 0 Å². The first kappa shape index (κ1) is 15.1. The first-order chi connectivity index (χ1) is 9.56. The summed E-state index contributed by atoms with van der Waals surface area (Å²) in [5.41, 5.74) is 5.08. The van der Waals surface area contributed by atoms with Crippen molar-refractivity contribution in [3.8, 4) is 0 Å². The summed E-state index contributed by atoms with van der Waals surface area (Å²) in [6.45, 7) is 6.32. The fourth-order valence-electron chi connectivity index (χ4n) is 2.36. The zero-order chi connectivity index (χ0) is 14.5. The number of hydrogen-bond donors (Lipinski definition) is 1. The highest BCUT2D eigenvalue weighted by Gasteiger charge is 2.10. The van der Waals surface area contributed by atoms with Gasteiger partial charge in [-0.1, -0.05) is 35.9 Å². The van der Waals surface area contributed by atoms with Gasteiger partial charge in [-0.15, -0.1) is 11.8 Å². The van der Waals surface area contributed by atoms with Crippen molar-refractivity contribution >= 4 is 11.8 Å². The Hall–Kier alpha value is -1.25. The van der Waals surface area contributed by atoms with E-state index in [0.29, 0.717) is 0 Å². The second-order valence-corrected chi connectivity index (χ2v) is 6.45. The van der Waals surface area contributed by atoms with E-state index in [2.05, 4.69) is 63.2 Å². The van der Waals surface area contributed by atoms with Crippen LogP contribution >= 0.6 is 11.8 Å². The molecule has 2 aromatic carbocycles. The van der Waals surface area contributed by atoms with Crippen LogP contribution in [0, 0.1) is 20.8 Å². The molecule has 2 heteroatoms. The van der Waals surface area contributed by atoms with Crippen LogP contribution in [0.4, 0.5) is 0 Å². The maximum absolute atomic E-state index is 10.3. The first-order valence-electron chi connectivity index (χ1n) is 6.99. The van der Waals surface area contributed by atoms with Crippen molar-refractivity contribution in [3.63, 3.8) is 0 Å². The number of aliphatic hydroxyl groups excluding tert-OH is 1. The van der Waals surface area contributed by atoms with Crippen LogP contribution in [0.1, 0.15) is 22.3 Å². The molecule has 0 amide bonds. The van der Waals surface area contributed by atoms with Crippen LogP contribution in [0.3, 0.4) is 0 Å². The second kappa shape index (κ2) is 6.96. The largest absolute Gasteiger partial charge is 0.392 e. The lowest BCUT2D eigenvalue weighted by Crippen LogP contribution is -2.15. The van der Waals surface area contributed by atoms with Crippen LogP contribution in [0.2, 0.25) is 0 Å². The molecule has 2 rings (SSSR count). The number of aliphatic hydroxyl groups is 1. The lowest BCUT2D eigenvalue weighted by atomic mass is 9.98. The molecule has 1 unspecified atom stereocenters. The molecule has 20 heavy (non-hydrogen) atoms. The average molecular weight is 286 g/mol. The van der Waals surface area contributed by atoms with Crippen molar-refractivity contribution in [2.24, 2.45) is 0 Å². The van der Waals surface area contributed by atoms with E-state index in [1.165, 1.54) is 27.1 Å². The molecule has 0 radical (unpaired) electrons. The number of hydrogen-bond acceptors (Lipinski definition) is 2. The Bertz CT molecular complexity index is 557. The van der Waals surface area contributed by atoms with E-state index in [1.54, 1.807) is 11.8 Å². The van der Waals surface area contributed by atoms with Gasteiger partial charge in [0.1, 0.15) is 0 Å². The maximum atomic E-state index is 10.3. The van der Waals surface area contributed by atoms with Gasteiger partial charge < -0.3 is 5.11 Å². The third-order valence-corrected chi connectivity index (χ3v) is 4.65. The highest BCUT2D eigenvalue weighted by Crippen LogP contribution is 2.22. The molecule has 1 N–H and O–H groups in total. The normalized spacial score (nSPS) is 12.4. The number of aryl methyl sites for hydroxylation is 3. The van der Waals surface area contributed by atoms with Gasteiger partial charge in [-0.05, 0) is 56.0 Å². The summed E-state index contributed by atoms with van der Waals surface area (Å²) in [5, 5.41) is 10.3. The van der Waals surface area contributed by atoms with Crippen LogP contribution in [0.25, 0.3) is 0 Å². The Morgan fingerprint density at radius 2 is 1.65 bits per heavy atom. The van der Waals surface area contributed by atoms with E-state index in [1.807, 2.05) is 0 Å². The molecule has 0 aromatic heterocycles. The molecule has 0 bridgehead atoms. The van der Waals surface area contributed by atoms with Gasteiger partial charge in [0, 0.05) is 10.6 Å². The van der Waals surface area contributed by atoms with E-state index in [-0.39, 0.29) is 6.10 Å². The summed E-state index contributed by atoms with van der Waals surface area (Å²) in [5.74, 6) is 0.733. The van der Waals surface area contributed by atoms with Gasteiger partial charge in [0.05, 0.1) is 6.10 Å². The SMILES string of the molecule is Cc1cccc(SCC(O)Cc2c(C)cccc2C)c1. The summed E-state index contributed by atoms with van der Waals surface area (Å²) in [6, 6.07) is 14.7. The van der Waals surface area contributed by atoms with Crippen molar-refractivity contribution in [2.45, 2.75) is 38.2 Å². The van der Waals surface area contributed by atoms with Gasteiger partial charge in [-0.2, -0.15) is 0 Å². The predicted molar refractivity (Wildman–Crippen MR) is 87.5 cm³/mol. The topological polar surface area (TPSA) is 20.2 Å². The van der Waals surface area contributed by atoms with Gasteiger partial charge in [0.15, 0.2) is 0 Å². The number of benzene rings is 2. The average Bonchev–Trinajstić information content (AvgIpc) is 2.41. The quantitative estimate of drug-likeness (QED) is 0.827. The molecule has 0 aliphatic heterocycles. The van der Waals surface area contributed by atoms with E-state index in [9.17, 15) is 5.11 Å². The van der Waals surface area contributed by atoms with Crippen LogP contribution in [0.5, 0.6) is 0 Å². The second-order valence-electron chi connectivity index (χ2n) is 5.36. The van der Waals surface area contributed by atoms with Crippen molar-refractivity contribution in [1.82, 2.24) is 0 Å². The highest BCUT2D eigenvalue weighted by molar-refractivity contribution is 7.99. The molecular formula is C18H22OS. The molecule has 0 spiro atoms. The van der Waals surface area contributed by atoms with Crippen molar-refractivity contribution in [1.29, 1.82) is 0 Å². The van der Waals surface area contributed by atoms with Crippen LogP contribution in [-0.4, -0.2) is 17.0 Å². The molecule has 1 nitrogen and oxygen atoms in total. The molecule has 0 saturated heterocycles. The Labute approximate surface area is 126 Å². The lowest BCUT2D eigenvalue weighted by molar-refractivity contribution is 0.199. The molecule has 0 fully saturated rings. The molecule has 106 valence electrons. The Kier molecular flexibility index (Phi) is 5.27. The lowest BCUT2D eigenvalue weighted by Gasteiger charge is -2.14. The minimum absolute atomic E-state index is 0.305. The van der Waals surface area contributed by atoms with Crippen molar-refractivity contribution in [2.75, 3.05) is 5.75 Å². The molecule has 0 aliphatic rings. The van der Waals surface area contributed by atoms with Gasteiger partial charge in [-0.3, -0.25) is 0 Å². The fraction of sp³-hybridized carbons (Fsp3) is 0.333. The molecular weight excluding hydrogens is 264 g/mol. The maximum Gasteiger partial charge on any atom is 0.0674 e. The van der Waals surface area contributed by atoms with E-state index in [0.717, 1.165) is 12.2 Å². The van der Waals surface area contributed by atoms with Crippen LogP contribution in [0.15, 0.2) is 47.4 Å². The van der Waals surface area contributed by atoms with Crippen LogP contribution < -0.4 is 0 Å². The third kappa shape index (κ3) is 4.12. The molecule has 1 atom stereocenters. The minimum atomic E-state index is -0.305. The Balaban J connectivity index is 1.94. The molecule has 2 aromatic rings. The Morgan fingerprint density at radius 1 is 1.00 bits per heavy atom. The molecule has 0 heterocycles. The minimum Gasteiger partial charge on any atom is -0.392 e. The number of rotatable bonds is 5. The van der Waals surface area contributed by atoms with Gasteiger partial charge in [0.2, 0.25) is 0 Å². The van der Waals surface area contributed by atoms with Crippen molar-refractivity contribution in [3.05, 3.63) is 64.7 Å². The summed E-state index contributed by atoms with van der Waals surface area (Å²) < 4.78 is 0. The summed E-state index contributed by atoms with van der Waals surface area (Å²) >= 11 is 1.72. The summed E-state index contributed by atoms with van der Waals surface area (Å²) in [6.07, 6.45) is 0.428. The smallest absolute Gasteiger partial charge is 0.0674 e. The van der Waals surface area contributed by atoms with E-state index >= 15 is 0 Å². The predicted octanol–water partition coefficient (Wildman–Crippen LogP) is 4.31. The molecule has 0 saturated carbocycles. The zero-order valence-corrected chi connectivity index (χ0v) is 13.2. The summed E-state index contributed by atoms with van der Waals surface area (Å²) in [7, 11) is 0. The monoisotopic (exact) mass is 286 g/mol. The number of thioether (sulfide) groups is 1. The van der Waals surface area contributed by atoms with E-state index < -0.39 is 0 Å². The van der Waals surface area contributed by atoms with Crippen molar-refractivity contribution < 1.29 is 5.11 Å². The highest BCUT2D eigenvalue weighted by atomic mass is 32.2. The fourth-order valence-corrected chi connectivity index (χ4v) is 3.31. The van der Waals surface area contributed by atoms with Crippen LogP contribution in [-0.2, 0) is 6.42 Å². The Morgan fingerprint density at radius 3 is 2.30 bits per heavy atom. The first-order valence-corrected chi connectivity index (χ1v) is 7.97. The third-order valence-electron chi connectivity index (χ3n) is 3.52. The van der Waals surface area contributed by atoms with E-state index in [4.69, 9.17) is 0 Å². The van der Waals surface area contributed by atoms with Gasteiger partial charge in [-0.25, -0.2) is 0 Å². The standard InChI is InChI=1S/C18H22OS/c1-13-6-4-9-17(10-13)20-12-16(19)11-18-14(2)7-5-8-15(18)3/h4-10,16,19H,11-12H2,1-3H3. The van der Waals surface area contributed by atoms with Gasteiger partial charge >= 0.3 is 0 Å².